The number of nitrogens with one attached hydrogen (secondary N) is 3. The Kier molecular flexibility index (Phi) is 37.2. The van der Waals surface area contributed by atoms with Gasteiger partial charge in [0.15, 0.2) is 0 Å². The third-order valence-corrected chi connectivity index (χ3v) is 17.2. The van der Waals surface area contributed by atoms with Crippen molar-refractivity contribution in [3.05, 3.63) is 95.1 Å². The van der Waals surface area contributed by atoms with Crippen LogP contribution in [0.3, 0.4) is 0 Å². The summed E-state index contributed by atoms with van der Waals surface area (Å²) in [6.07, 6.45) is 29.8. The number of hydrogen-bond acceptors (Lipinski definition) is 13. The van der Waals surface area contributed by atoms with E-state index in [1.165, 1.54) is 127 Å². The maximum absolute atomic E-state index is 14.2. The van der Waals surface area contributed by atoms with Crippen LogP contribution in [0, 0.1) is 0 Å². The molecule has 0 spiro atoms. The number of carbonyl (C=O) groups excluding carboxylic acids is 7. The standard InChI is InChI=1S/C74H113N3O12S/c1-9-11-13-15-17-19-21-23-25-27-29-31-33-43-66(78)85-52-58(87-67(79)44-34-32-30-28-26-24-22-20-18-16-14-12-10-2)54-90-55-65(77-72(84)86-53-63-61-41-37-35-39-59(61)60-40-36-38-42-62(60)63)70(82)75-51-56-45-47-57(48-46-56)69(81)76-64(71(83)89-74(6,7)8)49-50-68(80)88-73(3,4)5/h35-42,45-48,58,63-65H,9-34,43-44,49-55H2,1-8H3,(H,75,82)(H,76,81)(H,77,84)/t58-,64-,65?/m1/s1. The third-order valence-electron chi connectivity index (χ3n) is 16.0. The van der Waals surface area contributed by atoms with Crippen LogP contribution < -0.4 is 16.0 Å². The van der Waals surface area contributed by atoms with E-state index >= 15 is 0 Å². The summed E-state index contributed by atoms with van der Waals surface area (Å²) in [6.45, 7) is 14.8. The Morgan fingerprint density at radius 2 is 0.956 bits per heavy atom. The zero-order chi connectivity index (χ0) is 65.4. The lowest BCUT2D eigenvalue weighted by molar-refractivity contribution is -0.158. The molecule has 502 valence electrons. The Morgan fingerprint density at radius 3 is 1.44 bits per heavy atom. The van der Waals surface area contributed by atoms with Crippen molar-refractivity contribution in [3.63, 3.8) is 0 Å². The summed E-state index contributed by atoms with van der Waals surface area (Å²) in [5, 5.41) is 8.45. The van der Waals surface area contributed by atoms with Crippen molar-refractivity contribution in [1.29, 1.82) is 0 Å². The van der Waals surface area contributed by atoms with Crippen LogP contribution in [-0.4, -0.2) is 95.9 Å². The van der Waals surface area contributed by atoms with Gasteiger partial charge in [0.1, 0.15) is 42.6 Å². The maximum atomic E-state index is 14.2. The van der Waals surface area contributed by atoms with E-state index in [0.717, 1.165) is 67.2 Å². The molecular formula is C74H113N3O12S. The van der Waals surface area contributed by atoms with Crippen LogP contribution in [0.25, 0.3) is 11.1 Å². The summed E-state index contributed by atoms with van der Waals surface area (Å²) in [7, 11) is 0. The number of esters is 4. The molecule has 0 aromatic heterocycles. The van der Waals surface area contributed by atoms with Crippen LogP contribution in [0.15, 0.2) is 72.8 Å². The fraction of sp³-hybridized carbons (Fsp3) is 0.662. The van der Waals surface area contributed by atoms with E-state index in [-0.39, 0.29) is 80.4 Å². The molecule has 3 N–H and O–H groups in total. The van der Waals surface area contributed by atoms with Gasteiger partial charge in [0, 0.05) is 48.8 Å². The number of unbranched alkanes of at least 4 members (excludes halogenated alkanes) is 24. The van der Waals surface area contributed by atoms with E-state index < -0.39 is 59.2 Å². The van der Waals surface area contributed by atoms with E-state index in [1.807, 2.05) is 36.4 Å². The third kappa shape index (κ3) is 32.9. The lowest BCUT2D eigenvalue weighted by Crippen LogP contribution is -2.48. The van der Waals surface area contributed by atoms with E-state index in [2.05, 4.69) is 41.9 Å². The summed E-state index contributed by atoms with van der Waals surface area (Å²) in [5.41, 5.74) is 3.54. The Balaban J connectivity index is 1.39. The molecule has 0 saturated carbocycles. The molecule has 4 rings (SSSR count). The van der Waals surface area contributed by atoms with Crippen LogP contribution in [0.5, 0.6) is 0 Å². The van der Waals surface area contributed by atoms with Crippen LogP contribution in [-0.2, 0) is 54.2 Å². The van der Waals surface area contributed by atoms with Crippen LogP contribution in [0.1, 0.15) is 281 Å². The highest BCUT2D eigenvalue weighted by atomic mass is 32.2. The molecule has 0 saturated heterocycles. The first-order chi connectivity index (χ1) is 43.3. The smallest absolute Gasteiger partial charge is 0.407 e. The minimum Gasteiger partial charge on any atom is -0.462 e. The summed E-state index contributed by atoms with van der Waals surface area (Å²) in [5.74, 6) is -2.96. The van der Waals surface area contributed by atoms with E-state index in [4.69, 9.17) is 23.7 Å². The van der Waals surface area contributed by atoms with Crippen LogP contribution in [0.4, 0.5) is 4.79 Å². The Labute approximate surface area is 544 Å². The first kappa shape index (κ1) is 76.6. The molecule has 15 nitrogen and oxygen atoms in total. The van der Waals surface area contributed by atoms with Crippen molar-refractivity contribution in [2.75, 3.05) is 24.7 Å². The molecule has 16 heteroatoms. The second-order valence-electron chi connectivity index (χ2n) is 26.4. The topological polar surface area (TPSA) is 202 Å². The highest BCUT2D eigenvalue weighted by Crippen LogP contribution is 2.44. The van der Waals surface area contributed by atoms with Gasteiger partial charge in [-0.2, -0.15) is 11.8 Å². The minimum atomic E-state index is -1.13. The van der Waals surface area contributed by atoms with Gasteiger partial charge in [0.25, 0.3) is 5.91 Å². The van der Waals surface area contributed by atoms with Gasteiger partial charge >= 0.3 is 30.0 Å². The first-order valence-corrected chi connectivity index (χ1v) is 35.6. The molecule has 0 fully saturated rings. The Hall–Kier alpha value is -5.90. The molecular weight excluding hydrogens is 1150 g/mol. The number of benzene rings is 3. The van der Waals surface area contributed by atoms with Crippen molar-refractivity contribution >= 4 is 53.5 Å². The van der Waals surface area contributed by atoms with Gasteiger partial charge in [-0.25, -0.2) is 9.59 Å². The lowest BCUT2D eigenvalue weighted by atomic mass is 9.98. The van der Waals surface area contributed by atoms with Gasteiger partial charge in [-0.1, -0.05) is 229 Å². The van der Waals surface area contributed by atoms with Crippen molar-refractivity contribution in [1.82, 2.24) is 16.0 Å². The average molecular weight is 1270 g/mol. The zero-order valence-electron chi connectivity index (χ0n) is 56.3. The quantitative estimate of drug-likeness (QED) is 0.0274. The lowest BCUT2D eigenvalue weighted by Gasteiger charge is -2.25. The van der Waals surface area contributed by atoms with Crippen molar-refractivity contribution in [3.8, 4) is 11.1 Å². The summed E-state index contributed by atoms with van der Waals surface area (Å²) < 4.78 is 28.7. The molecule has 1 aliphatic rings. The van der Waals surface area contributed by atoms with Crippen LogP contribution in [0.2, 0.25) is 0 Å². The number of amides is 3. The number of hydrogen-bond donors (Lipinski definition) is 3. The molecule has 3 amide bonds. The average Bonchev–Trinajstić information content (AvgIpc) is 1.63. The SMILES string of the molecule is CCCCCCCCCCCCCCCC(=O)OC[C@H](CSCC(NC(=O)OCC1c2ccccc2-c2ccccc21)C(=O)NCc1ccc(C(=O)N[C@H](CCC(=O)OC(C)(C)C)C(=O)OC(C)(C)C)cc1)OC(=O)CCCCCCCCCCCCCCC. The van der Waals surface area contributed by atoms with Gasteiger partial charge in [0.2, 0.25) is 5.91 Å². The van der Waals surface area contributed by atoms with Crippen molar-refractivity contribution < 1.29 is 57.2 Å². The number of thioether (sulfide) groups is 1. The highest BCUT2D eigenvalue weighted by Gasteiger charge is 2.32. The largest absolute Gasteiger partial charge is 0.462 e. The normalized spacial score (nSPS) is 13.1. The molecule has 0 bridgehead atoms. The molecule has 3 aromatic carbocycles. The van der Waals surface area contributed by atoms with Crippen molar-refractivity contribution in [2.45, 2.75) is 290 Å². The van der Waals surface area contributed by atoms with Crippen LogP contribution >= 0.6 is 11.8 Å². The second kappa shape index (κ2) is 43.8. The summed E-state index contributed by atoms with van der Waals surface area (Å²) >= 11 is 1.28. The fourth-order valence-electron chi connectivity index (χ4n) is 11.1. The van der Waals surface area contributed by atoms with E-state index in [9.17, 15) is 33.6 Å². The summed E-state index contributed by atoms with van der Waals surface area (Å²) in [4.78, 5) is 94.0. The first-order valence-electron chi connectivity index (χ1n) is 34.4. The molecule has 3 aromatic rings. The number of carbonyl (C=O) groups is 7. The fourth-order valence-corrected chi connectivity index (χ4v) is 12.1. The van der Waals surface area contributed by atoms with E-state index in [1.54, 1.807) is 65.8 Å². The predicted octanol–water partition coefficient (Wildman–Crippen LogP) is 16.9. The van der Waals surface area contributed by atoms with Gasteiger partial charge in [-0.05, 0) is 101 Å². The molecule has 1 aliphatic carbocycles. The predicted molar refractivity (Wildman–Crippen MR) is 361 cm³/mol. The Morgan fingerprint density at radius 1 is 0.489 bits per heavy atom. The molecule has 0 aliphatic heterocycles. The maximum Gasteiger partial charge on any atom is 0.407 e. The zero-order valence-corrected chi connectivity index (χ0v) is 57.1. The van der Waals surface area contributed by atoms with Gasteiger partial charge in [-0.15, -0.1) is 0 Å². The van der Waals surface area contributed by atoms with Gasteiger partial charge in [0.05, 0.1) is 0 Å². The number of rotatable bonds is 47. The minimum absolute atomic E-state index is 0.0271. The monoisotopic (exact) mass is 1270 g/mol. The van der Waals surface area contributed by atoms with Gasteiger partial charge in [-0.3, -0.25) is 24.0 Å². The molecule has 1 unspecified atom stereocenters. The summed E-state index contributed by atoms with van der Waals surface area (Å²) in [6, 6.07) is 20.3. The highest BCUT2D eigenvalue weighted by molar-refractivity contribution is 7.99. The molecule has 3 atom stereocenters. The molecule has 0 heterocycles. The molecule has 90 heavy (non-hydrogen) atoms. The number of alkyl carbamates (subject to hydrolysis) is 1. The number of fused-ring (bicyclic) bond motifs is 3. The van der Waals surface area contributed by atoms with Crippen molar-refractivity contribution in [2.24, 2.45) is 0 Å². The Bertz CT molecular complexity index is 2530. The van der Waals surface area contributed by atoms with Gasteiger partial charge < -0.3 is 39.6 Å². The number of ether oxygens (including phenoxy) is 5. The second-order valence-corrected chi connectivity index (χ2v) is 27.5. The van der Waals surface area contributed by atoms with E-state index in [0.29, 0.717) is 12.0 Å². The molecule has 0 radical (unpaired) electrons.